The first kappa shape index (κ1) is 15.9. The van der Waals surface area contributed by atoms with Gasteiger partial charge in [-0.2, -0.15) is 0 Å². The van der Waals surface area contributed by atoms with Crippen LogP contribution < -0.4 is 0 Å². The largest absolute Gasteiger partial charge is 0.468 e. The second kappa shape index (κ2) is 6.83. The topological polar surface area (TPSA) is 87.5 Å². The minimum Gasteiger partial charge on any atom is -0.468 e. The van der Waals surface area contributed by atoms with E-state index >= 15 is 0 Å². The molecule has 0 saturated heterocycles. The lowest BCUT2D eigenvalue weighted by molar-refractivity contribution is -0.161. The van der Waals surface area contributed by atoms with Crippen LogP contribution in [0.1, 0.15) is 24.0 Å². The van der Waals surface area contributed by atoms with Crippen LogP contribution in [0, 0.1) is 11.8 Å². The lowest BCUT2D eigenvalue weighted by Crippen LogP contribution is -2.33. The molecule has 0 aromatic carbocycles. The summed E-state index contributed by atoms with van der Waals surface area (Å²) in [5.41, 5.74) is 0. The van der Waals surface area contributed by atoms with Gasteiger partial charge in [0.15, 0.2) is 17.5 Å². The third kappa shape index (κ3) is 3.43. The van der Waals surface area contributed by atoms with Gasteiger partial charge in [0.1, 0.15) is 0 Å². The molecule has 1 rings (SSSR count). The molecule has 0 aliphatic rings. The number of nitrogens with zero attached hydrogens (tertiary/aromatic N) is 2. The lowest BCUT2D eigenvalue weighted by Gasteiger charge is -2.18. The van der Waals surface area contributed by atoms with Crippen LogP contribution in [0.2, 0.25) is 0 Å². The second-order valence-corrected chi connectivity index (χ2v) is 4.49. The predicted molar refractivity (Wildman–Crippen MR) is 68.8 cm³/mol. The van der Waals surface area contributed by atoms with Crippen molar-refractivity contribution in [2.75, 3.05) is 14.2 Å². The minimum atomic E-state index is -1.12. The van der Waals surface area contributed by atoms with Crippen molar-refractivity contribution in [2.45, 2.75) is 13.3 Å². The van der Waals surface area contributed by atoms with Crippen LogP contribution in [0.5, 0.6) is 0 Å². The van der Waals surface area contributed by atoms with Crippen molar-refractivity contribution in [1.29, 1.82) is 0 Å². The quantitative estimate of drug-likeness (QED) is 0.431. The average Bonchev–Trinajstić information content (AvgIpc) is 2.84. The normalized spacial score (nSPS) is 12.1. The van der Waals surface area contributed by atoms with Crippen molar-refractivity contribution in [2.24, 2.45) is 18.9 Å². The summed E-state index contributed by atoms with van der Waals surface area (Å²) in [6, 6.07) is 0. The summed E-state index contributed by atoms with van der Waals surface area (Å²) < 4.78 is 10.7. The number of ether oxygens (including phenoxy) is 2. The first-order valence-corrected chi connectivity index (χ1v) is 6.08. The summed E-state index contributed by atoms with van der Waals surface area (Å²) in [4.78, 5) is 39.3. The van der Waals surface area contributed by atoms with Gasteiger partial charge in [-0.3, -0.25) is 14.4 Å². The Morgan fingerprint density at radius 3 is 2.20 bits per heavy atom. The van der Waals surface area contributed by atoms with Crippen LogP contribution in [0.25, 0.3) is 0 Å². The molecule has 0 saturated carbocycles. The number of esters is 2. The van der Waals surface area contributed by atoms with E-state index in [1.54, 1.807) is 24.7 Å². The van der Waals surface area contributed by atoms with E-state index in [1.165, 1.54) is 20.4 Å². The molecule has 7 heteroatoms. The van der Waals surface area contributed by atoms with E-state index in [9.17, 15) is 14.4 Å². The lowest BCUT2D eigenvalue weighted by atomic mass is 9.89. The van der Waals surface area contributed by atoms with E-state index in [-0.39, 0.29) is 18.0 Å². The number of hydrogen-bond donors (Lipinski definition) is 0. The molecule has 1 heterocycles. The number of aryl methyl sites for hydroxylation is 1. The van der Waals surface area contributed by atoms with E-state index in [1.807, 2.05) is 0 Å². The van der Waals surface area contributed by atoms with E-state index in [0.29, 0.717) is 0 Å². The maximum Gasteiger partial charge on any atom is 0.320 e. The van der Waals surface area contributed by atoms with Crippen molar-refractivity contribution in [3.8, 4) is 0 Å². The van der Waals surface area contributed by atoms with Crippen molar-refractivity contribution in [3.05, 3.63) is 18.2 Å². The number of imidazole rings is 1. The molecule has 110 valence electrons. The molecule has 1 atom stereocenters. The van der Waals surface area contributed by atoms with Gasteiger partial charge in [-0.05, 0) is 5.92 Å². The summed E-state index contributed by atoms with van der Waals surface area (Å²) in [5, 5.41) is 0. The molecule has 0 fully saturated rings. The van der Waals surface area contributed by atoms with Crippen LogP contribution in [0.4, 0.5) is 0 Å². The smallest absolute Gasteiger partial charge is 0.320 e. The Morgan fingerprint density at radius 1 is 1.25 bits per heavy atom. The molecule has 0 aliphatic heterocycles. The van der Waals surface area contributed by atoms with Crippen molar-refractivity contribution >= 4 is 17.7 Å². The minimum absolute atomic E-state index is 0.000278. The molecule has 0 amide bonds. The van der Waals surface area contributed by atoms with E-state index < -0.39 is 23.8 Å². The third-order valence-corrected chi connectivity index (χ3v) is 3.06. The summed E-state index contributed by atoms with van der Waals surface area (Å²) in [6.07, 6.45) is 3.16. The predicted octanol–water partition coefficient (Wildman–Crippen LogP) is 0.591. The number of carbonyl (C=O) groups is 3. The number of Topliss-reactive ketones (excluding diaryl/α,β-unsaturated/α-hetero) is 1. The molecular weight excluding hydrogens is 264 g/mol. The highest BCUT2D eigenvalue weighted by Gasteiger charge is 2.35. The molecular formula is C13H18N2O5. The highest BCUT2D eigenvalue weighted by Crippen LogP contribution is 2.20. The zero-order valence-corrected chi connectivity index (χ0v) is 12.0. The van der Waals surface area contributed by atoms with E-state index in [2.05, 4.69) is 14.5 Å². The monoisotopic (exact) mass is 282 g/mol. The fourth-order valence-corrected chi connectivity index (χ4v) is 1.95. The molecule has 0 spiro atoms. The molecule has 0 aliphatic carbocycles. The fraction of sp³-hybridized carbons (Fsp3) is 0.538. The van der Waals surface area contributed by atoms with Crippen LogP contribution in [-0.4, -0.2) is 41.5 Å². The Hall–Kier alpha value is -2.18. The summed E-state index contributed by atoms with van der Waals surface area (Å²) in [6.45, 7) is 1.62. The molecule has 1 unspecified atom stereocenters. The first-order valence-electron chi connectivity index (χ1n) is 6.08. The Balaban J connectivity index is 2.83. The summed E-state index contributed by atoms with van der Waals surface area (Å²) >= 11 is 0. The van der Waals surface area contributed by atoms with Crippen LogP contribution >= 0.6 is 0 Å². The van der Waals surface area contributed by atoms with Gasteiger partial charge in [0.2, 0.25) is 0 Å². The number of ketones is 1. The third-order valence-electron chi connectivity index (χ3n) is 3.06. The standard InChI is InChI=1S/C13H18N2O5/c1-8(10(12(17)19-3)13(18)20-4)7-9(16)11-14-5-6-15(11)2/h5-6,8,10H,7H2,1-4H3. The molecule has 0 N–H and O–H groups in total. The zero-order chi connectivity index (χ0) is 15.3. The highest BCUT2D eigenvalue weighted by atomic mass is 16.5. The molecule has 0 bridgehead atoms. The Kier molecular flexibility index (Phi) is 5.42. The molecule has 1 aromatic heterocycles. The average molecular weight is 282 g/mol. The SMILES string of the molecule is COC(=O)C(C(=O)OC)C(C)CC(=O)c1nccn1C. The molecule has 1 aromatic rings. The van der Waals surface area contributed by atoms with Gasteiger partial charge in [-0.1, -0.05) is 6.92 Å². The molecule has 20 heavy (non-hydrogen) atoms. The Bertz CT molecular complexity index is 493. The van der Waals surface area contributed by atoms with Crippen molar-refractivity contribution in [3.63, 3.8) is 0 Å². The van der Waals surface area contributed by atoms with Gasteiger partial charge >= 0.3 is 11.9 Å². The van der Waals surface area contributed by atoms with Crippen LogP contribution in [0.15, 0.2) is 12.4 Å². The molecule has 7 nitrogen and oxygen atoms in total. The number of rotatable bonds is 6. The number of carbonyl (C=O) groups excluding carboxylic acids is 3. The maximum atomic E-state index is 12.1. The van der Waals surface area contributed by atoms with Gasteiger partial charge in [-0.25, -0.2) is 4.98 Å². The number of hydrogen-bond acceptors (Lipinski definition) is 6. The fourth-order valence-electron chi connectivity index (χ4n) is 1.95. The Labute approximate surface area is 116 Å². The van der Waals surface area contributed by atoms with Gasteiger partial charge in [-0.15, -0.1) is 0 Å². The summed E-state index contributed by atoms with van der Waals surface area (Å²) in [5.74, 6) is -3.05. The van der Waals surface area contributed by atoms with Gasteiger partial charge in [0.25, 0.3) is 0 Å². The highest BCUT2D eigenvalue weighted by molar-refractivity contribution is 5.97. The van der Waals surface area contributed by atoms with E-state index in [4.69, 9.17) is 0 Å². The van der Waals surface area contributed by atoms with Gasteiger partial charge in [0, 0.05) is 25.9 Å². The van der Waals surface area contributed by atoms with Gasteiger partial charge in [0.05, 0.1) is 14.2 Å². The van der Waals surface area contributed by atoms with Gasteiger partial charge < -0.3 is 14.0 Å². The number of methoxy groups -OCH3 is 2. The second-order valence-electron chi connectivity index (χ2n) is 4.49. The Morgan fingerprint density at radius 2 is 1.80 bits per heavy atom. The van der Waals surface area contributed by atoms with Crippen molar-refractivity contribution in [1.82, 2.24) is 9.55 Å². The van der Waals surface area contributed by atoms with Crippen LogP contribution in [-0.2, 0) is 26.1 Å². The van der Waals surface area contributed by atoms with Crippen molar-refractivity contribution < 1.29 is 23.9 Å². The zero-order valence-electron chi connectivity index (χ0n) is 12.0. The van der Waals surface area contributed by atoms with Crippen LogP contribution in [0.3, 0.4) is 0 Å². The molecule has 0 radical (unpaired) electrons. The number of aromatic nitrogens is 2. The van der Waals surface area contributed by atoms with E-state index in [0.717, 1.165) is 0 Å². The summed E-state index contributed by atoms with van der Waals surface area (Å²) in [7, 11) is 4.07. The first-order chi connectivity index (χ1) is 9.42. The maximum absolute atomic E-state index is 12.1.